The lowest BCUT2D eigenvalue weighted by molar-refractivity contribution is -0.134. The predicted molar refractivity (Wildman–Crippen MR) is 68.6 cm³/mol. The molecular formula is C12H18N2O5. The highest BCUT2D eigenvalue weighted by molar-refractivity contribution is 5.89. The molecule has 1 atom stereocenters. The Morgan fingerprint density at radius 3 is 2.37 bits per heavy atom. The monoisotopic (exact) mass is 270 g/mol. The summed E-state index contributed by atoms with van der Waals surface area (Å²) in [7, 11) is 0. The van der Waals surface area contributed by atoms with Crippen molar-refractivity contribution in [3.05, 3.63) is 36.3 Å². The fraction of sp³-hybridized carbons (Fsp3) is 0.333. The first-order valence-electron chi connectivity index (χ1n) is 5.58. The maximum absolute atomic E-state index is 9.55. The van der Waals surface area contributed by atoms with Crippen molar-refractivity contribution in [2.24, 2.45) is 5.73 Å². The predicted octanol–water partition coefficient (Wildman–Crippen LogP) is 0.601. The van der Waals surface area contributed by atoms with Crippen molar-refractivity contribution in [3.8, 4) is 0 Å². The first-order valence-corrected chi connectivity index (χ1v) is 5.58. The third-order valence-corrected chi connectivity index (χ3v) is 1.93. The summed E-state index contributed by atoms with van der Waals surface area (Å²) < 4.78 is 5.19. The summed E-state index contributed by atoms with van der Waals surface area (Å²) in [6.07, 6.45) is 2.79. The molecule has 0 saturated carbocycles. The van der Waals surface area contributed by atoms with E-state index < -0.39 is 11.9 Å². The van der Waals surface area contributed by atoms with Gasteiger partial charge in [-0.1, -0.05) is 0 Å². The minimum absolute atomic E-state index is 0.258. The number of carboxylic acids is 2. The summed E-state index contributed by atoms with van der Waals surface area (Å²) in [5, 5.41) is 18.8. The number of hydrogen-bond acceptors (Lipinski definition) is 5. The summed E-state index contributed by atoms with van der Waals surface area (Å²) >= 11 is 0. The highest BCUT2D eigenvalue weighted by Crippen LogP contribution is 2.10. The Morgan fingerprint density at radius 1 is 1.42 bits per heavy atom. The van der Waals surface area contributed by atoms with Crippen molar-refractivity contribution < 1.29 is 24.2 Å². The van der Waals surface area contributed by atoms with Crippen molar-refractivity contribution >= 4 is 11.9 Å². The Hall–Kier alpha value is -2.12. The molecule has 1 aromatic heterocycles. The van der Waals surface area contributed by atoms with Crippen LogP contribution in [0.1, 0.15) is 18.7 Å². The number of hydrogen-bond donors (Lipinski definition) is 4. The van der Waals surface area contributed by atoms with Crippen LogP contribution in [0.15, 0.2) is 35.0 Å². The molecule has 0 aromatic carbocycles. The van der Waals surface area contributed by atoms with E-state index in [0.717, 1.165) is 12.3 Å². The topological polar surface area (TPSA) is 126 Å². The highest BCUT2D eigenvalue weighted by atomic mass is 16.4. The van der Waals surface area contributed by atoms with Gasteiger partial charge in [-0.25, -0.2) is 9.59 Å². The molecule has 0 spiro atoms. The Morgan fingerprint density at radius 2 is 2.00 bits per heavy atom. The van der Waals surface area contributed by atoms with Crippen LogP contribution in [0.2, 0.25) is 0 Å². The summed E-state index contributed by atoms with van der Waals surface area (Å²) in [5.74, 6) is -1.56. The second kappa shape index (κ2) is 9.86. The van der Waals surface area contributed by atoms with Crippen molar-refractivity contribution in [2.75, 3.05) is 13.1 Å². The lowest BCUT2D eigenvalue weighted by atomic mass is 10.2. The van der Waals surface area contributed by atoms with Gasteiger partial charge in [-0.3, -0.25) is 0 Å². The molecule has 0 aliphatic carbocycles. The van der Waals surface area contributed by atoms with E-state index in [1.165, 1.54) is 0 Å². The average molecular weight is 270 g/mol. The number of rotatable bonds is 6. The van der Waals surface area contributed by atoms with E-state index in [0.29, 0.717) is 18.7 Å². The van der Waals surface area contributed by atoms with Gasteiger partial charge in [0.2, 0.25) is 0 Å². The Bertz CT molecular complexity index is 384. The molecule has 19 heavy (non-hydrogen) atoms. The van der Waals surface area contributed by atoms with Crippen LogP contribution in [0.5, 0.6) is 0 Å². The maximum atomic E-state index is 9.55. The number of aliphatic carboxylic acids is 2. The highest BCUT2D eigenvalue weighted by Gasteiger charge is 2.04. The van der Waals surface area contributed by atoms with Crippen molar-refractivity contribution in [3.63, 3.8) is 0 Å². The lowest BCUT2D eigenvalue weighted by Gasteiger charge is -2.08. The Labute approximate surface area is 110 Å². The van der Waals surface area contributed by atoms with Crippen LogP contribution < -0.4 is 11.1 Å². The lowest BCUT2D eigenvalue weighted by Crippen LogP contribution is -2.25. The molecule has 0 amide bonds. The zero-order valence-corrected chi connectivity index (χ0v) is 10.6. The number of nitrogens with one attached hydrogen (secondary N) is 1. The third-order valence-electron chi connectivity index (χ3n) is 1.93. The van der Waals surface area contributed by atoms with Crippen LogP contribution >= 0.6 is 0 Å². The first-order chi connectivity index (χ1) is 8.97. The third kappa shape index (κ3) is 9.57. The van der Waals surface area contributed by atoms with Gasteiger partial charge in [0.1, 0.15) is 5.76 Å². The molecule has 1 heterocycles. The summed E-state index contributed by atoms with van der Waals surface area (Å²) in [4.78, 5) is 19.1. The minimum atomic E-state index is -1.26. The molecule has 7 nitrogen and oxygen atoms in total. The first kappa shape index (κ1) is 16.9. The Kier molecular flexibility index (Phi) is 8.76. The van der Waals surface area contributed by atoms with Gasteiger partial charge in [0, 0.05) is 25.2 Å². The molecule has 106 valence electrons. The van der Waals surface area contributed by atoms with Gasteiger partial charge in [-0.2, -0.15) is 0 Å². The quantitative estimate of drug-likeness (QED) is 0.557. The van der Waals surface area contributed by atoms with E-state index in [9.17, 15) is 9.59 Å². The van der Waals surface area contributed by atoms with Gasteiger partial charge in [-0.15, -0.1) is 0 Å². The fourth-order valence-corrected chi connectivity index (χ4v) is 1.08. The molecule has 5 N–H and O–H groups in total. The van der Waals surface area contributed by atoms with E-state index in [1.54, 1.807) is 6.26 Å². The van der Waals surface area contributed by atoms with Crippen LogP contribution in [0.3, 0.4) is 0 Å². The van der Waals surface area contributed by atoms with Crippen molar-refractivity contribution in [1.29, 1.82) is 0 Å². The van der Waals surface area contributed by atoms with Gasteiger partial charge in [0.05, 0.1) is 12.3 Å². The molecule has 7 heteroatoms. The molecule has 0 aliphatic heterocycles. The number of furan rings is 1. The largest absolute Gasteiger partial charge is 0.478 e. The van der Waals surface area contributed by atoms with Gasteiger partial charge < -0.3 is 25.7 Å². The van der Waals surface area contributed by atoms with Gasteiger partial charge >= 0.3 is 11.9 Å². The van der Waals surface area contributed by atoms with Crippen LogP contribution in [0.4, 0.5) is 0 Å². The smallest absolute Gasteiger partial charge is 0.328 e. The minimum Gasteiger partial charge on any atom is -0.478 e. The molecule has 0 bridgehead atoms. The van der Waals surface area contributed by atoms with Crippen LogP contribution in [0.25, 0.3) is 0 Å². The van der Waals surface area contributed by atoms with E-state index >= 15 is 0 Å². The summed E-state index contributed by atoms with van der Waals surface area (Å²) in [6, 6.07) is 4.10. The molecule has 0 fully saturated rings. The number of carbonyl (C=O) groups is 2. The molecule has 0 radical (unpaired) electrons. The standard InChI is InChI=1S/C8H14N2O.C4H4O4/c1-7(10-5-4-9)8-3-2-6-11-8;5-3(6)1-2-4(7)8/h2-3,6-7,10H,4-5,9H2,1H3;1-2H,(H,5,6)(H,7,8)/b;2-1-. The Balaban J connectivity index is 0.000000362. The second-order valence-electron chi connectivity index (χ2n) is 3.49. The fourth-order valence-electron chi connectivity index (χ4n) is 1.08. The molecule has 1 aromatic rings. The number of nitrogens with two attached hydrogens (primary N) is 1. The van der Waals surface area contributed by atoms with Gasteiger partial charge in [0.15, 0.2) is 0 Å². The van der Waals surface area contributed by atoms with E-state index in [-0.39, 0.29) is 6.04 Å². The summed E-state index contributed by atoms with van der Waals surface area (Å²) in [5.41, 5.74) is 5.34. The van der Waals surface area contributed by atoms with Crippen LogP contribution in [-0.4, -0.2) is 35.2 Å². The van der Waals surface area contributed by atoms with Gasteiger partial charge in [0.25, 0.3) is 0 Å². The zero-order valence-electron chi connectivity index (χ0n) is 10.6. The summed E-state index contributed by atoms with van der Waals surface area (Å²) in [6.45, 7) is 3.53. The molecular weight excluding hydrogens is 252 g/mol. The zero-order chi connectivity index (χ0) is 14.7. The molecule has 0 aliphatic rings. The maximum Gasteiger partial charge on any atom is 0.328 e. The normalized spacial score (nSPS) is 11.7. The van der Waals surface area contributed by atoms with E-state index in [2.05, 4.69) is 12.2 Å². The van der Waals surface area contributed by atoms with Gasteiger partial charge in [-0.05, 0) is 19.1 Å². The van der Waals surface area contributed by atoms with E-state index in [1.807, 2.05) is 12.1 Å². The molecule has 0 saturated heterocycles. The van der Waals surface area contributed by atoms with E-state index in [4.69, 9.17) is 20.4 Å². The molecule has 1 rings (SSSR count). The number of carboxylic acid groups (broad SMARTS) is 2. The average Bonchev–Trinajstić information content (AvgIpc) is 2.88. The van der Waals surface area contributed by atoms with Crippen LogP contribution in [0, 0.1) is 0 Å². The molecule has 1 unspecified atom stereocenters. The van der Waals surface area contributed by atoms with Crippen molar-refractivity contribution in [2.45, 2.75) is 13.0 Å². The second-order valence-corrected chi connectivity index (χ2v) is 3.49. The van der Waals surface area contributed by atoms with Crippen LogP contribution in [-0.2, 0) is 9.59 Å². The van der Waals surface area contributed by atoms with Crippen molar-refractivity contribution in [1.82, 2.24) is 5.32 Å². The SMILES string of the molecule is CC(NCCN)c1ccco1.O=C(O)/C=C\C(=O)O.